The smallest absolute Gasteiger partial charge is 0.475 e. The Morgan fingerprint density at radius 3 is 2.23 bits per heavy atom. The van der Waals surface area contributed by atoms with Crippen LogP contribution in [0.15, 0.2) is 17.1 Å². The molecule has 0 aromatic carbocycles. The van der Waals surface area contributed by atoms with Crippen molar-refractivity contribution in [3.63, 3.8) is 0 Å². The van der Waals surface area contributed by atoms with E-state index >= 15 is 0 Å². The minimum Gasteiger partial charge on any atom is -0.477 e. The van der Waals surface area contributed by atoms with Crippen molar-refractivity contribution in [2.24, 2.45) is 5.92 Å². The van der Waals surface area contributed by atoms with Gasteiger partial charge in [-0.3, -0.25) is 18.4 Å². The summed E-state index contributed by atoms with van der Waals surface area (Å²) >= 11 is 0. The lowest BCUT2D eigenvalue weighted by Crippen LogP contribution is -2.61. The van der Waals surface area contributed by atoms with Crippen LogP contribution >= 0.6 is 15.6 Å². The zero-order valence-corrected chi connectivity index (χ0v) is 31.2. The minimum absolute atomic E-state index is 0.162. The Hall–Kier alpha value is -2.64. The summed E-state index contributed by atoms with van der Waals surface area (Å²) in [5.74, 6) is -7.76. The van der Waals surface area contributed by atoms with E-state index in [2.05, 4.69) is 14.8 Å². The summed E-state index contributed by atoms with van der Waals surface area (Å²) < 4.78 is 59.7. The molecule has 30 heteroatoms. The van der Waals surface area contributed by atoms with Crippen molar-refractivity contribution in [3.8, 4) is 0 Å². The number of hydrogen-bond donors (Lipinski definition) is 14. The van der Waals surface area contributed by atoms with Gasteiger partial charge in [-0.2, -0.15) is 4.98 Å². The number of nitrogens with zero attached hydrogens (tertiary/aromatic N) is 2. The number of carbonyl (C=O) groups is 2. The minimum atomic E-state index is -5.59. The molecule has 4 heterocycles. The van der Waals surface area contributed by atoms with Crippen molar-refractivity contribution in [1.82, 2.24) is 14.9 Å². The van der Waals surface area contributed by atoms with Gasteiger partial charge in [0.25, 0.3) is 5.79 Å². The van der Waals surface area contributed by atoms with Crippen LogP contribution in [0.3, 0.4) is 0 Å². The van der Waals surface area contributed by atoms with E-state index in [0.717, 1.165) is 10.8 Å². The molecule has 1 aromatic rings. The largest absolute Gasteiger partial charge is 0.477 e. The summed E-state index contributed by atoms with van der Waals surface area (Å²) in [5, 5.41) is 95.5. The predicted octanol–water partition coefficient (Wildman–Crippen LogP) is -7.08. The third kappa shape index (κ3) is 11.6. The fourth-order valence-corrected chi connectivity index (χ4v) is 7.20. The third-order valence-electron chi connectivity index (χ3n) is 9.08. The molecular weight excluding hydrogens is 826 g/mol. The summed E-state index contributed by atoms with van der Waals surface area (Å²) in [6, 6.07) is 1.18. The molecule has 11 unspecified atom stereocenters. The number of aromatic nitrogens is 2. The number of nitrogen functional groups attached to an aromatic ring is 1. The van der Waals surface area contributed by atoms with E-state index in [1.165, 1.54) is 13.0 Å². The van der Waals surface area contributed by atoms with Gasteiger partial charge in [-0.1, -0.05) is 6.92 Å². The number of phosphoric ester groups is 2. The zero-order chi connectivity index (χ0) is 42.8. The van der Waals surface area contributed by atoms with Gasteiger partial charge in [0, 0.05) is 25.1 Å². The number of carbonyl (C=O) groups excluding carboxylic acids is 1. The molecule has 28 nitrogen and oxygen atoms in total. The monoisotopic (exact) mass is 870 g/mol. The van der Waals surface area contributed by atoms with Gasteiger partial charge in [0.05, 0.1) is 31.5 Å². The van der Waals surface area contributed by atoms with Crippen LogP contribution < -0.4 is 16.7 Å². The molecule has 15 N–H and O–H groups in total. The van der Waals surface area contributed by atoms with E-state index in [1.54, 1.807) is 0 Å². The average Bonchev–Trinajstić information content (AvgIpc) is 3.40. The zero-order valence-electron chi connectivity index (χ0n) is 29.4. The second-order valence-corrected chi connectivity index (χ2v) is 15.8. The predicted molar refractivity (Wildman–Crippen MR) is 176 cm³/mol. The molecule has 16 atom stereocenters. The van der Waals surface area contributed by atoms with Crippen LogP contribution in [0.4, 0.5) is 5.82 Å². The molecule has 3 aliphatic rings. The van der Waals surface area contributed by atoms with Crippen LogP contribution in [-0.4, -0.2) is 188 Å². The molecule has 326 valence electrons. The maximum absolute atomic E-state index is 13.0. The first-order valence-corrected chi connectivity index (χ1v) is 19.7. The molecule has 57 heavy (non-hydrogen) atoms. The van der Waals surface area contributed by atoms with Gasteiger partial charge in [0.1, 0.15) is 61.3 Å². The highest BCUT2D eigenvalue weighted by atomic mass is 31.2. The molecule has 0 bridgehead atoms. The Morgan fingerprint density at radius 2 is 1.61 bits per heavy atom. The SMILES string of the molecule is CC1C(O)CC(OP(=O)(O)OCC2OC(n3ccc(N)nc3=O)C(O)C2O)(C(=O)O)OC1[C@H](O)[C@H](O)CNC(=O)CO[C@H]1OC(COP(=O)(O)O)[C@@H](O)C(O)[C@H]1O. The van der Waals surface area contributed by atoms with Gasteiger partial charge in [-0.15, -0.1) is 0 Å². The first kappa shape index (κ1) is 47.0. The lowest BCUT2D eigenvalue weighted by Gasteiger charge is -2.45. The molecular formula is C27H44N4O24P2. The van der Waals surface area contributed by atoms with Gasteiger partial charge in [-0.05, 0) is 6.07 Å². The summed E-state index contributed by atoms with van der Waals surface area (Å²) in [7, 11) is -10.6. The van der Waals surface area contributed by atoms with Crippen LogP contribution in [0.5, 0.6) is 0 Å². The lowest BCUT2D eigenvalue weighted by molar-refractivity contribution is -0.298. The Kier molecular flexibility index (Phi) is 15.5. The quantitative estimate of drug-likeness (QED) is 0.0647. The van der Waals surface area contributed by atoms with E-state index in [9.17, 15) is 74.4 Å². The number of nitrogens with one attached hydrogen (secondary N) is 1. The van der Waals surface area contributed by atoms with Gasteiger partial charge in [0.15, 0.2) is 12.5 Å². The lowest BCUT2D eigenvalue weighted by atomic mass is 9.84. The Labute approximate surface area is 319 Å². The maximum Gasteiger partial charge on any atom is 0.475 e. The number of anilines is 1. The summed E-state index contributed by atoms with van der Waals surface area (Å²) in [6.07, 6.45) is -23.9. The van der Waals surface area contributed by atoms with Gasteiger partial charge >= 0.3 is 27.3 Å². The molecule has 1 amide bonds. The number of aliphatic carboxylic acids is 1. The number of nitrogens with two attached hydrogens (primary N) is 1. The van der Waals surface area contributed by atoms with Gasteiger partial charge in [-0.25, -0.2) is 23.2 Å². The number of aliphatic hydroxyl groups excluding tert-OH is 8. The van der Waals surface area contributed by atoms with Crippen molar-refractivity contribution in [2.75, 3.05) is 32.1 Å². The first-order valence-electron chi connectivity index (χ1n) is 16.6. The van der Waals surface area contributed by atoms with Crippen LogP contribution in [0.1, 0.15) is 19.6 Å². The standard InChI is InChI=1S/C27H44N4O24P2/c1-9-10(32)4-27(25(41)42,55-57(47,48)51-7-12-18(37)20(39)23(52-12)31-3-2-14(28)30-26(31)43)54-22(9)16(35)11(33)5-29-15(34)8-49-24-21(40)19(38)17(36)13(53-24)6-50-56(44,45)46/h2-3,9-13,16-24,32-33,35-40H,4-8H2,1H3,(H,29,34)(H,41,42)(H,47,48)(H2,28,30,43)(H2,44,45,46)/t9?,10?,11-,12?,13?,16-,17-,18?,19?,20?,21-,22?,23?,24+,27?/m1/s1. The van der Waals surface area contributed by atoms with Gasteiger partial charge < -0.3 is 90.6 Å². The highest BCUT2D eigenvalue weighted by Gasteiger charge is 2.58. The summed E-state index contributed by atoms with van der Waals surface area (Å²) in [5.41, 5.74) is 4.46. The molecule has 3 fully saturated rings. The highest BCUT2D eigenvalue weighted by Crippen LogP contribution is 2.52. The van der Waals surface area contributed by atoms with E-state index < -0.39 is 157 Å². The van der Waals surface area contributed by atoms with E-state index in [-0.39, 0.29) is 5.82 Å². The number of hydrogen-bond acceptors (Lipinski definition) is 22. The third-order valence-corrected chi connectivity index (χ3v) is 10.6. The van der Waals surface area contributed by atoms with Gasteiger partial charge in [0.2, 0.25) is 5.91 Å². The number of ether oxygens (including phenoxy) is 4. The highest BCUT2D eigenvalue weighted by molar-refractivity contribution is 7.47. The van der Waals surface area contributed by atoms with Crippen molar-refractivity contribution >= 4 is 33.3 Å². The van der Waals surface area contributed by atoms with Crippen LogP contribution in [0, 0.1) is 5.92 Å². The molecule has 3 saturated heterocycles. The topological polar surface area (TPSA) is 449 Å². The number of carboxylic acids is 1. The maximum atomic E-state index is 13.0. The van der Waals surface area contributed by atoms with Crippen molar-refractivity contribution in [3.05, 3.63) is 22.7 Å². The first-order chi connectivity index (χ1) is 26.4. The summed E-state index contributed by atoms with van der Waals surface area (Å²) in [6.45, 7) is -2.56. The average molecular weight is 871 g/mol. The van der Waals surface area contributed by atoms with Crippen LogP contribution in [-0.2, 0) is 51.2 Å². The van der Waals surface area contributed by atoms with E-state index in [0.29, 0.717) is 0 Å². The van der Waals surface area contributed by atoms with Crippen molar-refractivity contribution in [2.45, 2.75) is 98.8 Å². The Morgan fingerprint density at radius 1 is 1.00 bits per heavy atom. The molecule has 4 rings (SSSR count). The molecule has 0 saturated carbocycles. The molecule has 0 aliphatic carbocycles. The number of rotatable bonds is 17. The Balaban J connectivity index is 1.34. The number of phosphoric acid groups is 2. The van der Waals surface area contributed by atoms with E-state index in [1.807, 2.05) is 0 Å². The van der Waals surface area contributed by atoms with E-state index in [4.69, 9.17) is 43.5 Å². The molecule has 1 aromatic heterocycles. The van der Waals surface area contributed by atoms with Crippen LogP contribution in [0.2, 0.25) is 0 Å². The fourth-order valence-electron chi connectivity index (χ4n) is 5.90. The number of carboxylic acid groups (broad SMARTS) is 1. The Bertz CT molecular complexity index is 1720. The fraction of sp³-hybridized carbons (Fsp3) is 0.778. The number of aliphatic hydroxyl groups is 8. The molecule has 0 radical (unpaired) electrons. The normalized spacial score (nSPS) is 36.9. The van der Waals surface area contributed by atoms with Crippen LogP contribution in [0.25, 0.3) is 0 Å². The second-order valence-electron chi connectivity index (χ2n) is 13.2. The summed E-state index contributed by atoms with van der Waals surface area (Å²) in [4.78, 5) is 68.7. The second kappa shape index (κ2) is 18.7. The molecule has 0 spiro atoms. The number of amides is 1. The van der Waals surface area contributed by atoms with Crippen molar-refractivity contribution < 1.29 is 112 Å². The molecule has 3 aliphatic heterocycles. The van der Waals surface area contributed by atoms with Crippen molar-refractivity contribution in [1.29, 1.82) is 0 Å².